The van der Waals surface area contributed by atoms with Crippen LogP contribution in [0.1, 0.15) is 25.8 Å². The van der Waals surface area contributed by atoms with E-state index in [0.29, 0.717) is 6.54 Å². The zero-order valence-electron chi connectivity index (χ0n) is 11.1. The van der Waals surface area contributed by atoms with E-state index < -0.39 is 5.97 Å². The van der Waals surface area contributed by atoms with Crippen molar-refractivity contribution in [2.75, 3.05) is 6.54 Å². The molecule has 1 unspecified atom stereocenters. The number of benzene rings is 1. The lowest BCUT2D eigenvalue weighted by atomic mass is 10.2. The summed E-state index contributed by atoms with van der Waals surface area (Å²) in [7, 11) is 0. The van der Waals surface area contributed by atoms with Crippen LogP contribution in [0.5, 0.6) is 0 Å². The van der Waals surface area contributed by atoms with Crippen LogP contribution in [0.4, 0.5) is 0 Å². The van der Waals surface area contributed by atoms with Crippen molar-refractivity contribution in [2.24, 2.45) is 0 Å². The molecule has 0 aliphatic rings. The lowest BCUT2D eigenvalue weighted by molar-refractivity contribution is -0.139. The maximum absolute atomic E-state index is 11.9. The first-order chi connectivity index (χ1) is 9.04. The Balaban J connectivity index is 2.75. The molecule has 1 atom stereocenters. The average Bonchev–Trinajstić information content (AvgIpc) is 2.37. The van der Waals surface area contributed by atoms with Gasteiger partial charge in [0.05, 0.1) is 6.42 Å². The predicted octanol–water partition coefficient (Wildman–Crippen LogP) is 1.75. The molecular weight excluding hydrogens is 242 g/mol. The van der Waals surface area contributed by atoms with E-state index in [4.69, 9.17) is 5.11 Å². The second kappa shape index (κ2) is 7.22. The van der Waals surface area contributed by atoms with Crippen LogP contribution in [0.25, 0.3) is 0 Å². The topological polar surface area (TPSA) is 57.6 Å². The standard InChI is InChI=1S/C15H17NO3/c1-3-16(12(2)11-15(18)19)14(17)10-9-13-7-5-4-6-8-13/h4-8,12H,3,11H2,1-2H3,(H,18,19). The highest BCUT2D eigenvalue weighted by molar-refractivity contribution is 5.94. The summed E-state index contributed by atoms with van der Waals surface area (Å²) in [6.07, 6.45) is -0.0768. The van der Waals surface area contributed by atoms with Gasteiger partial charge in [-0.2, -0.15) is 0 Å². The number of rotatable bonds is 4. The SMILES string of the molecule is CCN(C(=O)C#Cc1ccccc1)C(C)CC(=O)O. The van der Waals surface area contributed by atoms with Gasteiger partial charge < -0.3 is 10.0 Å². The molecule has 1 amide bonds. The highest BCUT2D eigenvalue weighted by Crippen LogP contribution is 2.04. The van der Waals surface area contributed by atoms with Gasteiger partial charge in [0.15, 0.2) is 0 Å². The Morgan fingerprint density at radius 3 is 2.47 bits per heavy atom. The summed E-state index contributed by atoms with van der Waals surface area (Å²) in [5.74, 6) is 4.06. The molecule has 0 fully saturated rings. The number of amides is 1. The summed E-state index contributed by atoms with van der Waals surface area (Å²) in [6.45, 7) is 3.96. The van der Waals surface area contributed by atoms with Crippen molar-refractivity contribution in [3.8, 4) is 11.8 Å². The predicted molar refractivity (Wildman–Crippen MR) is 72.4 cm³/mol. The van der Waals surface area contributed by atoms with Gasteiger partial charge in [-0.15, -0.1) is 0 Å². The third-order valence-electron chi connectivity index (χ3n) is 2.69. The summed E-state index contributed by atoms with van der Waals surface area (Å²) in [4.78, 5) is 24.1. The summed E-state index contributed by atoms with van der Waals surface area (Å²) in [5, 5.41) is 8.74. The molecule has 0 saturated carbocycles. The Morgan fingerprint density at radius 1 is 1.32 bits per heavy atom. The third-order valence-corrected chi connectivity index (χ3v) is 2.69. The van der Waals surface area contributed by atoms with Crippen molar-refractivity contribution in [1.82, 2.24) is 4.90 Å². The second-order valence-corrected chi connectivity index (χ2v) is 4.15. The van der Waals surface area contributed by atoms with E-state index in [1.807, 2.05) is 30.3 Å². The molecule has 0 aliphatic heterocycles. The number of carbonyl (C=O) groups is 2. The van der Waals surface area contributed by atoms with Crippen molar-refractivity contribution >= 4 is 11.9 Å². The van der Waals surface area contributed by atoms with Gasteiger partial charge in [-0.3, -0.25) is 9.59 Å². The molecule has 100 valence electrons. The van der Waals surface area contributed by atoms with Gasteiger partial charge in [-0.1, -0.05) is 24.1 Å². The molecule has 0 spiro atoms. The summed E-state index contributed by atoms with van der Waals surface area (Å²) in [6, 6.07) is 8.84. The zero-order chi connectivity index (χ0) is 14.3. The highest BCUT2D eigenvalue weighted by atomic mass is 16.4. The van der Waals surface area contributed by atoms with Crippen LogP contribution in [0, 0.1) is 11.8 Å². The number of aliphatic carboxylic acids is 1. The number of carboxylic acids is 1. The summed E-state index contributed by atoms with van der Waals surface area (Å²) < 4.78 is 0. The van der Waals surface area contributed by atoms with Crippen molar-refractivity contribution in [3.05, 3.63) is 35.9 Å². The van der Waals surface area contributed by atoms with E-state index in [1.54, 1.807) is 13.8 Å². The molecule has 4 heteroatoms. The Labute approximate surface area is 113 Å². The number of carbonyl (C=O) groups excluding carboxylic acids is 1. The maximum Gasteiger partial charge on any atom is 0.305 e. The minimum Gasteiger partial charge on any atom is -0.481 e. The minimum atomic E-state index is -0.922. The molecular formula is C15H17NO3. The first-order valence-corrected chi connectivity index (χ1v) is 6.14. The molecule has 19 heavy (non-hydrogen) atoms. The fraction of sp³-hybridized carbons (Fsp3) is 0.333. The number of hydrogen-bond donors (Lipinski definition) is 1. The third kappa shape index (κ3) is 4.84. The Kier molecular flexibility index (Phi) is 5.62. The number of hydrogen-bond acceptors (Lipinski definition) is 2. The van der Waals surface area contributed by atoms with Crippen LogP contribution in [0.2, 0.25) is 0 Å². The van der Waals surface area contributed by atoms with Gasteiger partial charge in [-0.05, 0) is 26.0 Å². The van der Waals surface area contributed by atoms with E-state index in [2.05, 4.69) is 11.8 Å². The largest absolute Gasteiger partial charge is 0.481 e. The molecule has 1 rings (SSSR count). The molecule has 0 bridgehead atoms. The minimum absolute atomic E-state index is 0.0768. The number of nitrogens with zero attached hydrogens (tertiary/aromatic N) is 1. The van der Waals surface area contributed by atoms with Crippen LogP contribution in [0.3, 0.4) is 0 Å². The van der Waals surface area contributed by atoms with Crippen molar-refractivity contribution in [3.63, 3.8) is 0 Å². The fourth-order valence-corrected chi connectivity index (χ4v) is 1.74. The average molecular weight is 259 g/mol. The van der Waals surface area contributed by atoms with Crippen LogP contribution in [-0.4, -0.2) is 34.5 Å². The molecule has 0 heterocycles. The summed E-state index contributed by atoms with van der Waals surface area (Å²) in [5.41, 5.74) is 0.762. The molecule has 0 saturated heterocycles. The Morgan fingerprint density at radius 2 is 1.95 bits per heavy atom. The lowest BCUT2D eigenvalue weighted by Crippen LogP contribution is -2.38. The molecule has 1 aromatic rings. The van der Waals surface area contributed by atoms with Gasteiger partial charge in [-0.25, -0.2) is 0 Å². The monoisotopic (exact) mass is 259 g/mol. The second-order valence-electron chi connectivity index (χ2n) is 4.15. The molecule has 0 radical (unpaired) electrons. The van der Waals surface area contributed by atoms with E-state index in [1.165, 1.54) is 4.90 Å². The van der Waals surface area contributed by atoms with Gasteiger partial charge in [0.25, 0.3) is 5.91 Å². The summed E-state index contributed by atoms with van der Waals surface area (Å²) >= 11 is 0. The van der Waals surface area contributed by atoms with Crippen LogP contribution < -0.4 is 0 Å². The Bertz CT molecular complexity index is 499. The smallest absolute Gasteiger partial charge is 0.305 e. The molecule has 0 aliphatic carbocycles. The first-order valence-electron chi connectivity index (χ1n) is 6.14. The van der Waals surface area contributed by atoms with Crippen molar-refractivity contribution in [1.29, 1.82) is 0 Å². The van der Waals surface area contributed by atoms with Crippen LogP contribution in [0.15, 0.2) is 30.3 Å². The van der Waals surface area contributed by atoms with Gasteiger partial charge in [0.1, 0.15) is 0 Å². The van der Waals surface area contributed by atoms with E-state index >= 15 is 0 Å². The van der Waals surface area contributed by atoms with Gasteiger partial charge in [0, 0.05) is 24.1 Å². The van der Waals surface area contributed by atoms with E-state index in [-0.39, 0.29) is 18.4 Å². The number of carboxylic acid groups (broad SMARTS) is 1. The van der Waals surface area contributed by atoms with Crippen molar-refractivity contribution in [2.45, 2.75) is 26.3 Å². The van der Waals surface area contributed by atoms with Crippen LogP contribution in [-0.2, 0) is 9.59 Å². The molecule has 0 aromatic heterocycles. The van der Waals surface area contributed by atoms with E-state index in [0.717, 1.165) is 5.56 Å². The van der Waals surface area contributed by atoms with Gasteiger partial charge >= 0.3 is 5.97 Å². The molecule has 1 aromatic carbocycles. The molecule has 1 N–H and O–H groups in total. The lowest BCUT2D eigenvalue weighted by Gasteiger charge is -2.24. The fourth-order valence-electron chi connectivity index (χ4n) is 1.74. The maximum atomic E-state index is 11.9. The zero-order valence-corrected chi connectivity index (χ0v) is 11.1. The normalized spacial score (nSPS) is 11.1. The van der Waals surface area contributed by atoms with Crippen LogP contribution >= 0.6 is 0 Å². The highest BCUT2D eigenvalue weighted by Gasteiger charge is 2.19. The van der Waals surface area contributed by atoms with Gasteiger partial charge in [0.2, 0.25) is 0 Å². The molecule has 4 nitrogen and oxygen atoms in total. The Hall–Kier alpha value is -2.28. The van der Waals surface area contributed by atoms with Crippen molar-refractivity contribution < 1.29 is 14.7 Å². The quantitative estimate of drug-likeness (QED) is 0.838. The first kappa shape index (κ1) is 14.8. The van der Waals surface area contributed by atoms with E-state index in [9.17, 15) is 9.59 Å².